The molecule has 0 saturated carbocycles. The van der Waals surface area contributed by atoms with Gasteiger partial charge in [0.2, 0.25) is 0 Å². The van der Waals surface area contributed by atoms with Gasteiger partial charge >= 0.3 is 0 Å². The van der Waals surface area contributed by atoms with Gasteiger partial charge in [-0.15, -0.1) is 21.5 Å². The van der Waals surface area contributed by atoms with Crippen LogP contribution in [0.2, 0.25) is 0 Å². The Morgan fingerprint density at radius 2 is 2.25 bits per heavy atom. The van der Waals surface area contributed by atoms with Gasteiger partial charge in [-0.05, 0) is 25.3 Å². The molecular weight excluding hydrogens is 294 g/mol. The third kappa shape index (κ3) is 4.05. The number of aliphatic hydroxyl groups is 1. The largest absolute Gasteiger partial charge is 0.390 e. The summed E-state index contributed by atoms with van der Waals surface area (Å²) in [7, 11) is 1.94. The molecule has 1 N–H and O–H groups in total. The molecule has 0 bridgehead atoms. The first-order valence-corrected chi connectivity index (χ1v) is 8.30. The van der Waals surface area contributed by atoms with Crippen molar-refractivity contribution in [2.45, 2.75) is 31.2 Å². The molecule has 0 fully saturated rings. The highest BCUT2D eigenvalue weighted by Gasteiger charge is 2.14. The van der Waals surface area contributed by atoms with Crippen molar-refractivity contribution < 1.29 is 9.84 Å². The minimum Gasteiger partial charge on any atom is -0.390 e. The average molecular weight is 313 g/mol. The maximum atomic E-state index is 9.84. The van der Waals surface area contributed by atoms with E-state index in [1.807, 2.05) is 43.0 Å². The quantitative estimate of drug-likeness (QED) is 0.796. The summed E-state index contributed by atoms with van der Waals surface area (Å²) in [6.07, 6.45) is -0.362. The van der Waals surface area contributed by atoms with Crippen molar-refractivity contribution in [3.63, 3.8) is 0 Å². The van der Waals surface area contributed by atoms with Crippen LogP contribution in [0.15, 0.2) is 22.7 Å². The van der Waals surface area contributed by atoms with E-state index in [1.54, 1.807) is 11.3 Å². The van der Waals surface area contributed by atoms with Gasteiger partial charge < -0.3 is 14.4 Å². The van der Waals surface area contributed by atoms with Crippen molar-refractivity contribution in [3.05, 3.63) is 17.5 Å². The van der Waals surface area contributed by atoms with Crippen molar-refractivity contribution in [2.75, 3.05) is 12.4 Å². The standard InChI is InChI=1S/C13H19N3O2S2/c1-9(2)18-7-10(17)8-20-13-15-14-12(16(13)3)11-5-4-6-19-11/h4-6,9-10,17H,7-8H2,1-3H3. The monoisotopic (exact) mass is 313 g/mol. The molecule has 110 valence electrons. The number of hydrogen-bond donors (Lipinski definition) is 1. The Morgan fingerprint density at radius 1 is 1.45 bits per heavy atom. The molecule has 0 aromatic carbocycles. The summed E-state index contributed by atoms with van der Waals surface area (Å²) in [6, 6.07) is 4.02. The summed E-state index contributed by atoms with van der Waals surface area (Å²) in [5.41, 5.74) is 0. The third-order valence-corrected chi connectivity index (χ3v) is 4.63. The van der Waals surface area contributed by atoms with E-state index in [9.17, 15) is 5.11 Å². The summed E-state index contributed by atoms with van der Waals surface area (Å²) in [4.78, 5) is 1.09. The lowest BCUT2D eigenvalue weighted by Gasteiger charge is -2.12. The molecule has 2 heterocycles. The van der Waals surface area contributed by atoms with Crippen LogP contribution in [0.1, 0.15) is 13.8 Å². The highest BCUT2D eigenvalue weighted by atomic mass is 32.2. The molecule has 0 saturated heterocycles. The highest BCUT2D eigenvalue weighted by Crippen LogP contribution is 2.26. The van der Waals surface area contributed by atoms with Gasteiger partial charge in [0.25, 0.3) is 0 Å². The molecule has 0 radical (unpaired) electrons. The van der Waals surface area contributed by atoms with Crippen LogP contribution in [-0.2, 0) is 11.8 Å². The zero-order valence-corrected chi connectivity index (χ0v) is 13.4. The first-order valence-electron chi connectivity index (χ1n) is 6.43. The van der Waals surface area contributed by atoms with Crippen LogP contribution >= 0.6 is 23.1 Å². The van der Waals surface area contributed by atoms with E-state index in [1.165, 1.54) is 11.8 Å². The van der Waals surface area contributed by atoms with E-state index < -0.39 is 6.10 Å². The summed E-state index contributed by atoms with van der Waals surface area (Å²) in [5, 5.41) is 21.0. The van der Waals surface area contributed by atoms with Gasteiger partial charge in [-0.25, -0.2) is 0 Å². The molecule has 0 aliphatic rings. The fraction of sp³-hybridized carbons (Fsp3) is 0.538. The lowest BCUT2D eigenvalue weighted by molar-refractivity contribution is 0.0152. The van der Waals surface area contributed by atoms with E-state index in [0.29, 0.717) is 12.4 Å². The fourth-order valence-corrected chi connectivity index (χ4v) is 3.14. The van der Waals surface area contributed by atoms with Gasteiger partial charge in [-0.3, -0.25) is 0 Å². The molecule has 0 spiro atoms. The summed E-state index contributed by atoms with van der Waals surface area (Å²) >= 11 is 3.13. The third-order valence-electron chi connectivity index (χ3n) is 2.60. The van der Waals surface area contributed by atoms with E-state index in [0.717, 1.165) is 15.9 Å². The maximum Gasteiger partial charge on any atom is 0.191 e. The number of rotatable bonds is 7. The number of hydrogen-bond acceptors (Lipinski definition) is 6. The minimum atomic E-state index is -0.496. The van der Waals surface area contributed by atoms with Gasteiger partial charge in [0.05, 0.1) is 23.7 Å². The summed E-state index contributed by atoms with van der Waals surface area (Å²) in [5.74, 6) is 1.40. The SMILES string of the molecule is CC(C)OCC(O)CSc1nnc(-c2cccs2)n1C. The Balaban J connectivity index is 1.91. The Morgan fingerprint density at radius 3 is 2.90 bits per heavy atom. The lowest BCUT2D eigenvalue weighted by atomic mass is 10.4. The summed E-state index contributed by atoms with van der Waals surface area (Å²) in [6.45, 7) is 4.26. The van der Waals surface area contributed by atoms with Gasteiger partial charge in [-0.2, -0.15) is 0 Å². The second-order valence-electron chi connectivity index (χ2n) is 4.69. The molecule has 2 aromatic rings. The smallest absolute Gasteiger partial charge is 0.191 e. The molecule has 1 atom stereocenters. The number of aromatic nitrogens is 3. The Kier molecular flexibility index (Phi) is 5.59. The normalized spacial score (nSPS) is 13.1. The average Bonchev–Trinajstić information content (AvgIpc) is 3.03. The van der Waals surface area contributed by atoms with Crippen LogP contribution in [0.5, 0.6) is 0 Å². The molecule has 0 aliphatic heterocycles. The van der Waals surface area contributed by atoms with Crippen molar-refractivity contribution in [2.24, 2.45) is 7.05 Å². The fourth-order valence-electron chi connectivity index (χ4n) is 1.58. The van der Waals surface area contributed by atoms with Crippen molar-refractivity contribution in [1.29, 1.82) is 0 Å². The first-order chi connectivity index (χ1) is 9.58. The van der Waals surface area contributed by atoms with Crippen LogP contribution in [0.3, 0.4) is 0 Å². The predicted molar refractivity (Wildman–Crippen MR) is 82.1 cm³/mol. The number of thiophene rings is 1. The second-order valence-corrected chi connectivity index (χ2v) is 6.62. The number of nitrogens with zero attached hydrogens (tertiary/aromatic N) is 3. The Hall–Kier alpha value is -0.890. The zero-order valence-electron chi connectivity index (χ0n) is 11.8. The second kappa shape index (κ2) is 7.21. The van der Waals surface area contributed by atoms with Gasteiger partial charge in [0, 0.05) is 12.8 Å². The topological polar surface area (TPSA) is 60.2 Å². The van der Waals surface area contributed by atoms with Crippen LogP contribution < -0.4 is 0 Å². The van der Waals surface area contributed by atoms with E-state index in [-0.39, 0.29) is 6.10 Å². The lowest BCUT2D eigenvalue weighted by Crippen LogP contribution is -2.20. The number of ether oxygens (including phenoxy) is 1. The molecule has 20 heavy (non-hydrogen) atoms. The van der Waals surface area contributed by atoms with Crippen LogP contribution in [-0.4, -0.2) is 44.4 Å². The van der Waals surface area contributed by atoms with Crippen molar-refractivity contribution in [3.8, 4) is 10.7 Å². The zero-order chi connectivity index (χ0) is 14.5. The molecule has 1 unspecified atom stereocenters. The number of thioether (sulfide) groups is 1. The van der Waals surface area contributed by atoms with Crippen LogP contribution in [0, 0.1) is 0 Å². The van der Waals surface area contributed by atoms with Gasteiger partial charge in [0.1, 0.15) is 0 Å². The predicted octanol–water partition coefficient (Wildman–Crippen LogP) is 2.42. The summed E-state index contributed by atoms with van der Waals surface area (Å²) < 4.78 is 7.33. The van der Waals surface area contributed by atoms with Crippen molar-refractivity contribution in [1.82, 2.24) is 14.8 Å². The van der Waals surface area contributed by atoms with Gasteiger partial charge in [0.15, 0.2) is 11.0 Å². The van der Waals surface area contributed by atoms with Gasteiger partial charge in [-0.1, -0.05) is 17.8 Å². The van der Waals surface area contributed by atoms with E-state index in [4.69, 9.17) is 4.74 Å². The maximum absolute atomic E-state index is 9.84. The highest BCUT2D eigenvalue weighted by molar-refractivity contribution is 7.99. The van der Waals surface area contributed by atoms with Crippen molar-refractivity contribution >= 4 is 23.1 Å². The molecule has 2 rings (SSSR count). The minimum absolute atomic E-state index is 0.134. The molecule has 0 amide bonds. The number of aliphatic hydroxyl groups excluding tert-OH is 1. The molecular formula is C13H19N3O2S2. The van der Waals surface area contributed by atoms with E-state index >= 15 is 0 Å². The first kappa shape index (κ1) is 15.5. The van der Waals surface area contributed by atoms with E-state index in [2.05, 4.69) is 10.2 Å². The molecule has 0 aliphatic carbocycles. The Bertz CT molecular complexity index is 526. The molecule has 7 heteroatoms. The van der Waals surface area contributed by atoms with Crippen LogP contribution in [0.25, 0.3) is 10.7 Å². The molecule has 2 aromatic heterocycles. The van der Waals surface area contributed by atoms with Crippen LogP contribution in [0.4, 0.5) is 0 Å². The molecule has 5 nitrogen and oxygen atoms in total. The Labute approximate surface area is 127 Å².